The van der Waals surface area contributed by atoms with Crippen molar-refractivity contribution in [2.75, 3.05) is 13.7 Å². The Hall–Kier alpha value is -2.78. The number of benzene rings is 2. The summed E-state index contributed by atoms with van der Waals surface area (Å²) in [5.74, 6) is -0.0314. The molecule has 0 bridgehead atoms. The van der Waals surface area contributed by atoms with Crippen LogP contribution in [-0.2, 0) is 21.2 Å². The van der Waals surface area contributed by atoms with Gasteiger partial charge in [0.1, 0.15) is 5.75 Å². The lowest BCUT2D eigenvalue weighted by Gasteiger charge is -2.11. The molecule has 0 spiro atoms. The zero-order valence-electron chi connectivity index (χ0n) is 16.8. The molecule has 0 saturated carbocycles. The smallest absolute Gasteiger partial charge is 0.421 e. The van der Waals surface area contributed by atoms with Crippen LogP contribution >= 0.6 is 11.6 Å². The molecular formula is C20H23ClN2O6S. The molecule has 0 atom stereocenters. The van der Waals surface area contributed by atoms with Crippen molar-refractivity contribution in [3.8, 4) is 5.75 Å². The number of carbonyl (C=O) groups excluding carboxylic acids is 2. The molecule has 0 unspecified atom stereocenters. The maximum absolute atomic E-state index is 12.4. The van der Waals surface area contributed by atoms with E-state index in [9.17, 15) is 18.0 Å². The third kappa shape index (κ3) is 6.36. The molecule has 8 nitrogen and oxygen atoms in total. The predicted octanol–water partition coefficient (Wildman–Crippen LogP) is 3.14. The van der Waals surface area contributed by atoms with Crippen LogP contribution in [0.1, 0.15) is 29.8 Å². The largest absolute Gasteiger partial charge is 0.494 e. The Morgan fingerprint density at radius 2 is 1.77 bits per heavy atom. The molecule has 2 amide bonds. The summed E-state index contributed by atoms with van der Waals surface area (Å²) in [6, 6.07) is 10.9. The standard InChI is InChI=1S/C20H23ClN2O6S/c1-13(2)29-20(25)23-30(26,27)15-9-7-14(8-10-15)11-12-22-19(24)16-5-4-6-17(21)18(16)28-3/h4-10,13H,11-12H2,1-3H3,(H,22,24)(H,23,25). The number of hydrogen-bond acceptors (Lipinski definition) is 6. The molecule has 10 heteroatoms. The Bertz CT molecular complexity index is 1010. The second-order valence-corrected chi connectivity index (χ2v) is 8.62. The molecule has 2 N–H and O–H groups in total. The summed E-state index contributed by atoms with van der Waals surface area (Å²) in [6.45, 7) is 3.55. The van der Waals surface area contributed by atoms with E-state index in [0.29, 0.717) is 29.3 Å². The lowest BCUT2D eigenvalue weighted by atomic mass is 10.1. The van der Waals surface area contributed by atoms with Crippen molar-refractivity contribution in [2.45, 2.75) is 31.3 Å². The van der Waals surface area contributed by atoms with Crippen LogP contribution in [0.5, 0.6) is 5.75 Å². The molecule has 0 aliphatic rings. The van der Waals surface area contributed by atoms with Gasteiger partial charge in [0, 0.05) is 6.54 Å². The van der Waals surface area contributed by atoms with Crippen LogP contribution in [0.25, 0.3) is 0 Å². The van der Waals surface area contributed by atoms with Gasteiger partial charge >= 0.3 is 6.09 Å². The number of ether oxygens (including phenoxy) is 2. The third-order valence-corrected chi connectivity index (χ3v) is 5.53. The predicted molar refractivity (Wildman–Crippen MR) is 112 cm³/mol. The first-order valence-electron chi connectivity index (χ1n) is 9.07. The van der Waals surface area contributed by atoms with Crippen molar-refractivity contribution < 1.29 is 27.5 Å². The molecule has 2 rings (SSSR count). The Labute approximate surface area is 180 Å². The summed E-state index contributed by atoms with van der Waals surface area (Å²) in [4.78, 5) is 23.8. The molecule has 0 aromatic heterocycles. The summed E-state index contributed by atoms with van der Waals surface area (Å²) >= 11 is 6.02. The first-order valence-corrected chi connectivity index (χ1v) is 10.9. The Morgan fingerprint density at radius 1 is 1.10 bits per heavy atom. The lowest BCUT2D eigenvalue weighted by Crippen LogP contribution is -2.32. The van der Waals surface area contributed by atoms with Gasteiger partial charge < -0.3 is 14.8 Å². The van der Waals surface area contributed by atoms with Crippen LogP contribution in [0.4, 0.5) is 4.79 Å². The van der Waals surface area contributed by atoms with Crippen LogP contribution < -0.4 is 14.8 Å². The van der Waals surface area contributed by atoms with Crippen molar-refractivity contribution >= 4 is 33.6 Å². The first kappa shape index (κ1) is 23.5. The second kappa shape index (κ2) is 10.3. The Kier molecular flexibility index (Phi) is 8.08. The normalized spacial score (nSPS) is 11.1. The summed E-state index contributed by atoms with van der Waals surface area (Å²) in [5, 5.41) is 3.11. The van der Waals surface area contributed by atoms with E-state index < -0.39 is 22.2 Å². The third-order valence-electron chi connectivity index (χ3n) is 3.91. The molecule has 0 saturated heterocycles. The molecule has 2 aromatic carbocycles. The molecule has 0 aliphatic carbocycles. The van der Waals surface area contributed by atoms with Gasteiger partial charge in [-0.15, -0.1) is 0 Å². The fourth-order valence-corrected chi connectivity index (χ4v) is 3.68. The minimum Gasteiger partial charge on any atom is -0.494 e. The number of methoxy groups -OCH3 is 1. The minimum absolute atomic E-state index is 0.0698. The summed E-state index contributed by atoms with van der Waals surface area (Å²) in [7, 11) is -2.59. The van der Waals surface area contributed by atoms with Gasteiger partial charge in [-0.2, -0.15) is 0 Å². The van der Waals surface area contributed by atoms with E-state index in [2.05, 4.69) is 5.32 Å². The van der Waals surface area contributed by atoms with E-state index >= 15 is 0 Å². The van der Waals surface area contributed by atoms with Gasteiger partial charge in [0.05, 0.1) is 28.7 Å². The van der Waals surface area contributed by atoms with Crippen LogP contribution in [0.15, 0.2) is 47.4 Å². The van der Waals surface area contributed by atoms with E-state index in [1.807, 2.05) is 4.72 Å². The molecule has 30 heavy (non-hydrogen) atoms. The number of hydrogen-bond donors (Lipinski definition) is 2. The van der Waals surface area contributed by atoms with Gasteiger partial charge in [0.25, 0.3) is 15.9 Å². The number of nitrogens with one attached hydrogen (secondary N) is 2. The van der Waals surface area contributed by atoms with Gasteiger partial charge in [0.15, 0.2) is 0 Å². The van der Waals surface area contributed by atoms with Crippen molar-refractivity contribution in [3.05, 3.63) is 58.6 Å². The lowest BCUT2D eigenvalue weighted by molar-refractivity contribution is 0.0950. The van der Waals surface area contributed by atoms with Crippen LogP contribution in [0.3, 0.4) is 0 Å². The van der Waals surface area contributed by atoms with E-state index in [0.717, 1.165) is 5.56 Å². The van der Waals surface area contributed by atoms with Crippen molar-refractivity contribution in [3.63, 3.8) is 0 Å². The second-order valence-electron chi connectivity index (χ2n) is 6.53. The fraction of sp³-hybridized carbons (Fsp3) is 0.300. The Balaban J connectivity index is 1.94. The van der Waals surface area contributed by atoms with E-state index in [4.69, 9.17) is 21.1 Å². The van der Waals surface area contributed by atoms with Gasteiger partial charge in [-0.3, -0.25) is 4.79 Å². The van der Waals surface area contributed by atoms with Gasteiger partial charge in [-0.25, -0.2) is 17.9 Å². The highest BCUT2D eigenvalue weighted by atomic mass is 35.5. The number of halogens is 1. The van der Waals surface area contributed by atoms with Gasteiger partial charge in [-0.1, -0.05) is 29.8 Å². The zero-order chi connectivity index (χ0) is 22.3. The van der Waals surface area contributed by atoms with Crippen LogP contribution in [0.2, 0.25) is 5.02 Å². The molecule has 2 aromatic rings. The number of sulfonamides is 1. The van der Waals surface area contributed by atoms with Crippen molar-refractivity contribution in [2.24, 2.45) is 0 Å². The topological polar surface area (TPSA) is 111 Å². The number of carbonyl (C=O) groups is 2. The average Bonchev–Trinajstić information content (AvgIpc) is 2.67. The quantitative estimate of drug-likeness (QED) is 0.633. The zero-order valence-corrected chi connectivity index (χ0v) is 18.3. The number of rotatable bonds is 8. The SMILES string of the molecule is COc1c(Cl)cccc1C(=O)NCCc1ccc(S(=O)(=O)NC(=O)OC(C)C)cc1. The van der Waals surface area contributed by atoms with E-state index in [-0.39, 0.29) is 10.8 Å². The average molecular weight is 455 g/mol. The summed E-state index contributed by atoms with van der Waals surface area (Å²) in [6.07, 6.45) is -1.00. The van der Waals surface area contributed by atoms with Gasteiger partial charge in [-0.05, 0) is 50.1 Å². The maximum Gasteiger partial charge on any atom is 0.421 e. The molecule has 0 aliphatic heterocycles. The highest BCUT2D eigenvalue weighted by molar-refractivity contribution is 7.90. The van der Waals surface area contributed by atoms with E-state index in [1.54, 1.807) is 44.2 Å². The molecule has 162 valence electrons. The van der Waals surface area contributed by atoms with Crippen molar-refractivity contribution in [1.82, 2.24) is 10.0 Å². The molecular weight excluding hydrogens is 432 g/mol. The highest BCUT2D eigenvalue weighted by Gasteiger charge is 2.19. The minimum atomic E-state index is -4.02. The molecule has 0 radical (unpaired) electrons. The summed E-state index contributed by atoms with van der Waals surface area (Å²) < 4.78 is 36.2. The van der Waals surface area contributed by atoms with E-state index in [1.165, 1.54) is 19.2 Å². The highest BCUT2D eigenvalue weighted by Crippen LogP contribution is 2.28. The molecule has 0 heterocycles. The van der Waals surface area contributed by atoms with Crippen LogP contribution in [-0.4, -0.2) is 40.2 Å². The number of amides is 2. The van der Waals surface area contributed by atoms with Crippen LogP contribution in [0, 0.1) is 0 Å². The maximum atomic E-state index is 12.4. The fourth-order valence-electron chi connectivity index (χ4n) is 2.55. The Morgan fingerprint density at radius 3 is 2.37 bits per heavy atom. The van der Waals surface area contributed by atoms with Crippen molar-refractivity contribution in [1.29, 1.82) is 0 Å². The first-order chi connectivity index (χ1) is 14.1. The monoisotopic (exact) mass is 454 g/mol. The molecule has 0 fully saturated rings. The number of para-hydroxylation sites is 1. The summed E-state index contributed by atoms with van der Waals surface area (Å²) in [5.41, 5.74) is 1.13. The van der Waals surface area contributed by atoms with Gasteiger partial charge in [0.2, 0.25) is 0 Å².